The standard InChI is InChI=1S/C19H29N5O6/c1-3-5-7-14(25)28-9-13(10-29-15(26)8-6-4-2)30-12-24-11-21-16-17(24)22-19(20)23-18(16)27/h11,13H,3-10,12H2,1-2H3,(H3,20,22,23,27). The summed E-state index contributed by atoms with van der Waals surface area (Å²) < 4.78 is 17.7. The first kappa shape index (κ1) is 23.3. The number of anilines is 1. The minimum atomic E-state index is -0.682. The van der Waals surface area contributed by atoms with E-state index in [9.17, 15) is 14.4 Å². The summed E-state index contributed by atoms with van der Waals surface area (Å²) in [5.41, 5.74) is 5.52. The summed E-state index contributed by atoms with van der Waals surface area (Å²) in [5, 5.41) is 0. The number of hydrogen-bond acceptors (Lipinski definition) is 9. The second kappa shape index (κ2) is 11.9. The van der Waals surface area contributed by atoms with Gasteiger partial charge in [-0.2, -0.15) is 4.98 Å². The molecule has 30 heavy (non-hydrogen) atoms. The van der Waals surface area contributed by atoms with Gasteiger partial charge >= 0.3 is 11.9 Å². The van der Waals surface area contributed by atoms with Crippen LogP contribution in [0.1, 0.15) is 52.4 Å². The first-order valence-corrected chi connectivity index (χ1v) is 10.1. The van der Waals surface area contributed by atoms with Gasteiger partial charge in [0.25, 0.3) is 5.56 Å². The van der Waals surface area contributed by atoms with E-state index < -0.39 is 11.7 Å². The molecule has 11 heteroatoms. The summed E-state index contributed by atoms with van der Waals surface area (Å²) in [7, 11) is 0. The maximum Gasteiger partial charge on any atom is 0.305 e. The second-order valence-corrected chi connectivity index (χ2v) is 6.83. The summed E-state index contributed by atoms with van der Waals surface area (Å²) in [6.45, 7) is 3.79. The summed E-state index contributed by atoms with van der Waals surface area (Å²) in [5.74, 6) is -0.714. The number of fused-ring (bicyclic) bond motifs is 1. The van der Waals surface area contributed by atoms with Crippen molar-refractivity contribution in [1.82, 2.24) is 19.5 Å². The SMILES string of the molecule is CCCCC(=O)OCC(COC(=O)CCCC)OCn1cnc2c(=O)[nH]c(N)nc21. The predicted molar refractivity (Wildman–Crippen MR) is 108 cm³/mol. The molecule has 0 spiro atoms. The third-order valence-corrected chi connectivity index (χ3v) is 4.27. The maximum absolute atomic E-state index is 11.9. The van der Waals surface area contributed by atoms with Gasteiger partial charge in [0.05, 0.1) is 6.33 Å². The normalized spacial score (nSPS) is 11.2. The highest BCUT2D eigenvalue weighted by atomic mass is 16.6. The molecule has 0 aliphatic heterocycles. The molecule has 166 valence electrons. The van der Waals surface area contributed by atoms with Gasteiger partial charge in [-0.25, -0.2) is 4.98 Å². The highest BCUT2D eigenvalue weighted by Crippen LogP contribution is 2.09. The molecule has 0 saturated carbocycles. The van der Waals surface area contributed by atoms with Gasteiger partial charge in [0.2, 0.25) is 5.95 Å². The Balaban J connectivity index is 1.99. The van der Waals surface area contributed by atoms with Crippen molar-refractivity contribution in [3.05, 3.63) is 16.7 Å². The van der Waals surface area contributed by atoms with Crippen LogP contribution in [0.3, 0.4) is 0 Å². The predicted octanol–water partition coefficient (Wildman–Crippen LogP) is 1.51. The molecule has 2 aromatic rings. The number of imidazole rings is 1. The van der Waals surface area contributed by atoms with Crippen LogP contribution in [0.5, 0.6) is 0 Å². The van der Waals surface area contributed by atoms with Crippen LogP contribution in [-0.4, -0.2) is 50.8 Å². The van der Waals surface area contributed by atoms with E-state index in [1.54, 1.807) is 0 Å². The average molecular weight is 423 g/mol. The van der Waals surface area contributed by atoms with E-state index in [-0.39, 0.29) is 49.0 Å². The molecule has 11 nitrogen and oxygen atoms in total. The number of H-pyrrole nitrogens is 1. The zero-order valence-corrected chi connectivity index (χ0v) is 17.4. The minimum absolute atomic E-state index is 0.0412. The molecule has 2 rings (SSSR count). The molecule has 0 saturated heterocycles. The molecule has 0 aliphatic rings. The van der Waals surface area contributed by atoms with Crippen molar-refractivity contribution in [2.24, 2.45) is 0 Å². The summed E-state index contributed by atoms with van der Waals surface area (Å²) in [6, 6.07) is 0. The molecular weight excluding hydrogens is 394 g/mol. The zero-order valence-electron chi connectivity index (χ0n) is 17.4. The molecule has 0 unspecified atom stereocenters. The monoisotopic (exact) mass is 423 g/mol. The van der Waals surface area contributed by atoms with Crippen molar-refractivity contribution in [3.8, 4) is 0 Å². The molecular formula is C19H29N5O6. The molecule has 0 atom stereocenters. The van der Waals surface area contributed by atoms with E-state index in [0.717, 1.165) is 25.7 Å². The van der Waals surface area contributed by atoms with Crippen molar-refractivity contribution in [3.63, 3.8) is 0 Å². The number of carbonyl (C=O) groups is 2. The van der Waals surface area contributed by atoms with Gasteiger partial charge in [-0.05, 0) is 12.8 Å². The third kappa shape index (κ3) is 7.14. The Labute approximate surface area is 173 Å². The summed E-state index contributed by atoms with van der Waals surface area (Å²) >= 11 is 0. The van der Waals surface area contributed by atoms with E-state index in [4.69, 9.17) is 19.9 Å². The lowest BCUT2D eigenvalue weighted by atomic mass is 10.2. The number of carbonyl (C=O) groups excluding carboxylic acids is 2. The van der Waals surface area contributed by atoms with E-state index in [2.05, 4.69) is 15.0 Å². The van der Waals surface area contributed by atoms with Gasteiger partial charge in [-0.1, -0.05) is 26.7 Å². The first-order valence-electron chi connectivity index (χ1n) is 10.1. The molecule has 2 aromatic heterocycles. The van der Waals surface area contributed by atoms with Crippen LogP contribution in [0.4, 0.5) is 5.95 Å². The fourth-order valence-corrected chi connectivity index (χ4v) is 2.55. The number of nitrogens with two attached hydrogens (primary N) is 1. The number of aromatic nitrogens is 4. The zero-order chi connectivity index (χ0) is 21.9. The topological polar surface area (TPSA) is 151 Å². The number of unbranched alkanes of at least 4 members (excludes halogenated alkanes) is 2. The van der Waals surface area contributed by atoms with Crippen molar-refractivity contribution < 1.29 is 23.8 Å². The smallest absolute Gasteiger partial charge is 0.305 e. The van der Waals surface area contributed by atoms with Crippen molar-refractivity contribution in [2.75, 3.05) is 18.9 Å². The number of hydrogen-bond donors (Lipinski definition) is 2. The number of nitrogen functional groups attached to an aromatic ring is 1. The fraction of sp³-hybridized carbons (Fsp3) is 0.632. The van der Waals surface area contributed by atoms with Gasteiger partial charge in [0.15, 0.2) is 11.2 Å². The number of nitrogens with zero attached hydrogens (tertiary/aromatic N) is 3. The van der Waals surface area contributed by atoms with Crippen LogP contribution in [0.15, 0.2) is 11.1 Å². The number of esters is 2. The quantitative estimate of drug-likeness (QED) is 0.457. The lowest BCUT2D eigenvalue weighted by Crippen LogP contribution is -2.29. The lowest BCUT2D eigenvalue weighted by Gasteiger charge is -2.18. The van der Waals surface area contributed by atoms with Crippen molar-refractivity contribution in [2.45, 2.75) is 65.2 Å². The van der Waals surface area contributed by atoms with Gasteiger partial charge in [0.1, 0.15) is 26.0 Å². The Kier molecular flexibility index (Phi) is 9.26. The third-order valence-electron chi connectivity index (χ3n) is 4.27. The Bertz CT molecular complexity index is 869. The van der Waals surface area contributed by atoms with Gasteiger partial charge < -0.3 is 19.9 Å². The van der Waals surface area contributed by atoms with Crippen LogP contribution in [0, 0.1) is 0 Å². The van der Waals surface area contributed by atoms with Crippen LogP contribution in [-0.2, 0) is 30.5 Å². The number of nitrogens with one attached hydrogen (secondary N) is 1. The lowest BCUT2D eigenvalue weighted by molar-refractivity contribution is -0.157. The number of ether oxygens (including phenoxy) is 3. The van der Waals surface area contributed by atoms with Crippen molar-refractivity contribution in [1.29, 1.82) is 0 Å². The van der Waals surface area contributed by atoms with Crippen LogP contribution in [0.2, 0.25) is 0 Å². The molecule has 3 N–H and O–H groups in total. The molecule has 0 aliphatic carbocycles. The summed E-state index contributed by atoms with van der Waals surface area (Å²) in [4.78, 5) is 45.9. The number of rotatable bonds is 13. The average Bonchev–Trinajstić information content (AvgIpc) is 3.13. The Morgan fingerprint density at radius 1 is 1.13 bits per heavy atom. The Morgan fingerprint density at radius 3 is 2.30 bits per heavy atom. The van der Waals surface area contributed by atoms with Gasteiger partial charge in [-0.15, -0.1) is 0 Å². The van der Waals surface area contributed by atoms with Gasteiger partial charge in [-0.3, -0.25) is 23.9 Å². The largest absolute Gasteiger partial charge is 0.463 e. The molecule has 0 amide bonds. The second-order valence-electron chi connectivity index (χ2n) is 6.83. The van der Waals surface area contributed by atoms with Crippen LogP contribution < -0.4 is 11.3 Å². The Morgan fingerprint density at radius 2 is 1.73 bits per heavy atom. The van der Waals surface area contributed by atoms with E-state index in [0.29, 0.717) is 12.8 Å². The molecule has 2 heterocycles. The van der Waals surface area contributed by atoms with E-state index in [1.165, 1.54) is 10.9 Å². The van der Waals surface area contributed by atoms with Crippen LogP contribution >= 0.6 is 0 Å². The molecule has 0 bridgehead atoms. The van der Waals surface area contributed by atoms with Gasteiger partial charge in [0, 0.05) is 12.8 Å². The Hall–Kier alpha value is -2.95. The van der Waals surface area contributed by atoms with E-state index in [1.807, 2.05) is 13.8 Å². The molecule has 0 aromatic carbocycles. The maximum atomic E-state index is 11.9. The van der Waals surface area contributed by atoms with Crippen molar-refractivity contribution >= 4 is 29.1 Å². The van der Waals surface area contributed by atoms with Crippen LogP contribution in [0.25, 0.3) is 11.2 Å². The number of aromatic amines is 1. The van der Waals surface area contributed by atoms with E-state index >= 15 is 0 Å². The molecule has 0 radical (unpaired) electrons. The first-order chi connectivity index (χ1) is 14.4. The fourth-order valence-electron chi connectivity index (χ4n) is 2.55. The summed E-state index contributed by atoms with van der Waals surface area (Å²) in [6.07, 6.45) is 4.58. The highest BCUT2D eigenvalue weighted by molar-refractivity contribution is 5.70. The minimum Gasteiger partial charge on any atom is -0.463 e. The molecule has 0 fully saturated rings. The highest BCUT2D eigenvalue weighted by Gasteiger charge is 2.17.